The van der Waals surface area contributed by atoms with Crippen molar-refractivity contribution in [3.63, 3.8) is 0 Å². The number of hydrogen-bond acceptors (Lipinski definition) is 3. The molecular weight excluding hydrogens is 192 g/mol. The Labute approximate surface area is 81.5 Å². The highest BCUT2D eigenvalue weighted by Crippen LogP contribution is 2.16. The first kappa shape index (κ1) is 11.8. The molecule has 1 atom stereocenters. The van der Waals surface area contributed by atoms with E-state index >= 15 is 0 Å². The van der Waals surface area contributed by atoms with Gasteiger partial charge in [-0.25, -0.2) is 0 Å². The van der Waals surface area contributed by atoms with Gasteiger partial charge in [0.1, 0.15) is 0 Å². The second-order valence-corrected chi connectivity index (χ2v) is 3.11. The molecule has 0 amide bonds. The number of nitrogens with zero attached hydrogens (tertiary/aromatic N) is 2. The summed E-state index contributed by atoms with van der Waals surface area (Å²) in [6.45, 7) is 3.95. The topological polar surface area (TPSA) is 62.5 Å². The summed E-state index contributed by atoms with van der Waals surface area (Å²) >= 11 is 5.81. The molecule has 4 nitrogen and oxygen atoms in total. The van der Waals surface area contributed by atoms with E-state index in [1.165, 1.54) is 10.9 Å². The summed E-state index contributed by atoms with van der Waals surface area (Å²) in [6.07, 6.45) is 1.78. The Morgan fingerprint density at radius 3 is 2.54 bits per heavy atom. The first-order chi connectivity index (χ1) is 6.11. The van der Waals surface area contributed by atoms with E-state index in [2.05, 4.69) is 4.98 Å². The van der Waals surface area contributed by atoms with E-state index in [9.17, 15) is 0 Å². The van der Waals surface area contributed by atoms with Crippen molar-refractivity contribution >= 4 is 11.6 Å². The zero-order chi connectivity index (χ0) is 10.3. The maximum atomic E-state index is 8.11. The molecule has 0 saturated heterocycles. The first-order valence-electron chi connectivity index (χ1n) is 3.65. The second kappa shape index (κ2) is 6.37. The number of aryl methyl sites for hydroxylation is 1. The minimum atomic E-state index is 0.0138. The molecule has 72 valence electrons. The van der Waals surface area contributed by atoms with Crippen LogP contribution >= 0.6 is 11.6 Å². The van der Waals surface area contributed by atoms with Gasteiger partial charge in [-0.15, -0.1) is 16.5 Å². The summed E-state index contributed by atoms with van der Waals surface area (Å²) in [5.41, 5.74) is 2.15. The third-order valence-corrected chi connectivity index (χ3v) is 1.57. The molecule has 0 aliphatic rings. The van der Waals surface area contributed by atoms with Gasteiger partial charge in [-0.1, -0.05) is 0 Å². The average molecular weight is 203 g/mol. The van der Waals surface area contributed by atoms with Crippen molar-refractivity contribution in [3.8, 4) is 0 Å². The number of rotatable bonds is 1. The minimum absolute atomic E-state index is 0.0138. The minimum Gasteiger partial charge on any atom is -0.379 e. The fourth-order valence-electron chi connectivity index (χ4n) is 0.777. The number of aromatic nitrogens is 1. The quantitative estimate of drug-likeness (QED) is 0.433. The van der Waals surface area contributed by atoms with Crippen LogP contribution in [0.25, 0.3) is 0 Å². The summed E-state index contributed by atoms with van der Waals surface area (Å²) in [5.74, 6) is 0. The van der Waals surface area contributed by atoms with Crippen LogP contribution in [-0.4, -0.2) is 10.2 Å². The van der Waals surface area contributed by atoms with Crippen LogP contribution in [0.4, 0.5) is 0 Å². The first-order valence-corrected chi connectivity index (χ1v) is 4.08. The van der Waals surface area contributed by atoms with Gasteiger partial charge in [-0.3, -0.25) is 4.98 Å². The molecule has 0 aromatic carbocycles. The summed E-state index contributed by atoms with van der Waals surface area (Å²) in [7, 11) is 0. The lowest BCUT2D eigenvalue weighted by Crippen LogP contribution is -1.89. The zero-order valence-corrected chi connectivity index (χ0v) is 8.19. The molecule has 0 aliphatic heterocycles. The Hall–Kier alpha value is -1.16. The van der Waals surface area contributed by atoms with Crippen molar-refractivity contribution < 1.29 is 5.21 Å². The largest absolute Gasteiger partial charge is 0.379 e. The monoisotopic (exact) mass is 202 g/mol. The van der Waals surface area contributed by atoms with Crippen molar-refractivity contribution in [2.75, 3.05) is 0 Å². The number of hydrogen-bond donors (Lipinski definition) is 1. The normalized spacial score (nSPS) is 11.0. The van der Waals surface area contributed by atoms with Gasteiger partial charge in [0.25, 0.3) is 0 Å². The van der Waals surface area contributed by atoms with E-state index in [0.29, 0.717) is 0 Å². The molecule has 1 aromatic rings. The summed E-state index contributed by atoms with van der Waals surface area (Å²) < 4.78 is 0. The average Bonchev–Trinajstić information content (AvgIpc) is 2.05. The lowest BCUT2D eigenvalue weighted by molar-refractivity contribution is 0.312. The fourth-order valence-corrected chi connectivity index (χ4v) is 0.896. The maximum absolute atomic E-state index is 8.11. The summed E-state index contributed by atoms with van der Waals surface area (Å²) in [6, 6.07) is 3.96. The maximum Gasteiger partial charge on any atom is 0.152 e. The highest BCUT2D eigenvalue weighted by Gasteiger charge is 2.00. The van der Waals surface area contributed by atoms with Gasteiger partial charge < -0.3 is 5.21 Å². The van der Waals surface area contributed by atoms with Crippen LogP contribution in [0, 0.1) is 11.8 Å². The van der Waals surface area contributed by atoms with E-state index in [4.69, 9.17) is 21.7 Å². The summed E-state index contributed by atoms with van der Waals surface area (Å²) in [4.78, 5) is 12.2. The summed E-state index contributed by atoms with van der Waals surface area (Å²) in [5, 5.41) is 7.90. The number of pyridine rings is 1. The Kier molecular flexibility index (Phi) is 5.80. The van der Waals surface area contributed by atoms with E-state index in [1.807, 2.05) is 26.0 Å². The smallest absolute Gasteiger partial charge is 0.152 e. The van der Waals surface area contributed by atoms with Crippen LogP contribution in [0.1, 0.15) is 23.6 Å². The predicted molar refractivity (Wildman–Crippen MR) is 50.8 cm³/mol. The Balaban J connectivity index is 0.000000424. The van der Waals surface area contributed by atoms with Crippen molar-refractivity contribution in [2.45, 2.75) is 19.2 Å². The fraction of sp³-hybridized carbons (Fsp3) is 0.375. The molecule has 13 heavy (non-hydrogen) atoms. The number of halogens is 1. The molecule has 0 unspecified atom stereocenters. The van der Waals surface area contributed by atoms with Crippen LogP contribution in [0.2, 0.25) is 0 Å². The molecule has 5 heteroatoms. The molecule has 0 radical (unpaired) electrons. The molecule has 0 aliphatic carbocycles. The zero-order valence-electron chi connectivity index (χ0n) is 7.44. The van der Waals surface area contributed by atoms with E-state index in [1.54, 1.807) is 6.20 Å². The van der Waals surface area contributed by atoms with Crippen molar-refractivity contribution in [1.82, 2.24) is 4.98 Å². The predicted octanol–water partition coefficient (Wildman–Crippen LogP) is 2.83. The lowest BCUT2D eigenvalue weighted by atomic mass is 10.2. The highest BCUT2D eigenvalue weighted by atomic mass is 35.5. The van der Waals surface area contributed by atoms with Crippen LogP contribution in [-0.2, 0) is 0 Å². The van der Waals surface area contributed by atoms with E-state index < -0.39 is 0 Å². The molecule has 0 spiro atoms. The standard InChI is InChI=1S/C8H10ClN.HNO2/c1-6-3-4-10-8(5-6)7(2)9;2-1-3/h3-5,7H,1-2H3;(H,2,3)/t7-;/m1./s1. The molecule has 0 fully saturated rings. The molecule has 1 N–H and O–H groups in total. The molecule has 1 aromatic heterocycles. The third-order valence-electron chi connectivity index (χ3n) is 1.34. The van der Waals surface area contributed by atoms with Gasteiger partial charge in [0, 0.05) is 6.20 Å². The van der Waals surface area contributed by atoms with Crippen molar-refractivity contribution in [2.24, 2.45) is 5.34 Å². The Bertz CT molecular complexity index is 266. The van der Waals surface area contributed by atoms with Gasteiger partial charge in [0.15, 0.2) is 5.34 Å². The van der Waals surface area contributed by atoms with Crippen LogP contribution < -0.4 is 0 Å². The lowest BCUT2D eigenvalue weighted by Gasteiger charge is -2.01. The van der Waals surface area contributed by atoms with Crippen LogP contribution in [0.3, 0.4) is 0 Å². The number of alkyl halides is 1. The molecular formula is C8H11ClN2O2. The van der Waals surface area contributed by atoms with Crippen molar-refractivity contribution in [1.29, 1.82) is 0 Å². The third kappa shape index (κ3) is 5.14. The molecule has 1 rings (SSSR count). The Morgan fingerprint density at radius 2 is 2.23 bits per heavy atom. The van der Waals surface area contributed by atoms with Crippen molar-refractivity contribution in [3.05, 3.63) is 34.5 Å². The van der Waals surface area contributed by atoms with Crippen LogP contribution in [0.5, 0.6) is 0 Å². The molecule has 0 bridgehead atoms. The van der Waals surface area contributed by atoms with Gasteiger partial charge in [-0.2, -0.15) is 0 Å². The van der Waals surface area contributed by atoms with E-state index in [-0.39, 0.29) is 5.38 Å². The highest BCUT2D eigenvalue weighted by molar-refractivity contribution is 6.20. The Morgan fingerprint density at radius 1 is 1.69 bits per heavy atom. The van der Waals surface area contributed by atoms with Gasteiger partial charge in [-0.05, 0) is 31.5 Å². The van der Waals surface area contributed by atoms with Gasteiger partial charge >= 0.3 is 0 Å². The van der Waals surface area contributed by atoms with Gasteiger partial charge in [0.05, 0.1) is 11.1 Å². The molecule has 1 heterocycles. The molecule has 0 saturated carbocycles. The van der Waals surface area contributed by atoms with Crippen LogP contribution in [0.15, 0.2) is 23.7 Å². The second-order valence-electron chi connectivity index (χ2n) is 2.46. The SMILES string of the molecule is Cc1ccnc([C@@H](C)Cl)c1.O=NO. The van der Waals surface area contributed by atoms with Gasteiger partial charge in [0.2, 0.25) is 0 Å². The van der Waals surface area contributed by atoms with E-state index in [0.717, 1.165) is 5.69 Å².